The molecule has 0 aliphatic heterocycles. The lowest BCUT2D eigenvalue weighted by atomic mass is 9.84. The van der Waals surface area contributed by atoms with Crippen LogP contribution in [-0.2, 0) is 0 Å². The number of benzene rings is 11. The number of rotatable bonds is 12. The Kier molecular flexibility index (Phi) is 13.3. The Hall–Kier alpha value is -10.9. The van der Waals surface area contributed by atoms with Crippen LogP contribution in [0.15, 0.2) is 322 Å². The highest BCUT2D eigenvalue weighted by Gasteiger charge is 2.20. The number of hydrogen-bond donors (Lipinski definition) is 0. The van der Waals surface area contributed by atoms with Crippen LogP contribution < -0.4 is 0 Å². The molecule has 0 N–H and O–H groups in total. The van der Waals surface area contributed by atoms with Gasteiger partial charge in [-0.2, -0.15) is 0 Å². The van der Waals surface area contributed by atoms with Crippen molar-refractivity contribution in [2.75, 3.05) is 0 Å². The van der Waals surface area contributed by atoms with E-state index in [1.54, 1.807) is 0 Å². The van der Waals surface area contributed by atoms with Crippen molar-refractivity contribution in [2.24, 2.45) is 0 Å². The minimum atomic E-state index is 0.950. The van der Waals surface area contributed by atoms with Crippen LogP contribution in [-0.4, -0.2) is 15.0 Å². The summed E-state index contributed by atoms with van der Waals surface area (Å²) in [6.07, 6.45) is 5.64. The molecule has 3 heterocycles. The maximum Gasteiger partial charge on any atom is 0.0780 e. The first-order valence-corrected chi connectivity index (χ1v) is 27.9. The predicted octanol–water partition coefficient (Wildman–Crippen LogP) is 21.0. The maximum atomic E-state index is 5.10. The topological polar surface area (TPSA) is 38.7 Å². The molecule has 0 amide bonds. The zero-order valence-electron chi connectivity index (χ0n) is 44.9. The van der Waals surface area contributed by atoms with Gasteiger partial charge < -0.3 is 0 Å². The highest BCUT2D eigenvalue weighted by Crippen LogP contribution is 2.46. The first-order valence-electron chi connectivity index (χ1n) is 27.9. The van der Waals surface area contributed by atoms with Crippen molar-refractivity contribution in [1.29, 1.82) is 0 Å². The van der Waals surface area contributed by atoms with Crippen LogP contribution >= 0.6 is 0 Å². The second kappa shape index (κ2) is 22.1. The SMILES string of the molecule is c1ccc(-c2ccc(-c3cc(-c4nccc5cc(-c6ccccc6)ccc45)ccc3-c3ccccc3-c3cc(-c4ccccc4-c4ccc(-c5ccccn5)cc4)cc(-c4ccccc4-c4ccc(-c5ccccn5)cc4)c3)cc2)cc1. The fourth-order valence-corrected chi connectivity index (χ4v) is 11.6. The van der Waals surface area contributed by atoms with E-state index in [4.69, 9.17) is 4.98 Å². The molecule has 0 fully saturated rings. The average Bonchev–Trinajstić information content (AvgIpc) is 3.76. The third kappa shape index (κ3) is 9.89. The molecule has 82 heavy (non-hydrogen) atoms. The Bertz CT molecular complexity index is 4410. The summed E-state index contributed by atoms with van der Waals surface area (Å²) in [4.78, 5) is 14.4. The number of pyridine rings is 3. The van der Waals surface area contributed by atoms with Gasteiger partial charge in [-0.15, -0.1) is 0 Å². The Morgan fingerprint density at radius 1 is 0.171 bits per heavy atom. The Balaban J connectivity index is 0.941. The van der Waals surface area contributed by atoms with E-state index >= 15 is 0 Å². The van der Waals surface area contributed by atoms with Crippen LogP contribution in [0, 0.1) is 0 Å². The van der Waals surface area contributed by atoms with Crippen molar-refractivity contribution >= 4 is 10.8 Å². The summed E-state index contributed by atoms with van der Waals surface area (Å²) in [5.41, 5.74) is 26.7. The van der Waals surface area contributed by atoms with Crippen molar-refractivity contribution in [3.63, 3.8) is 0 Å². The van der Waals surface area contributed by atoms with Crippen LogP contribution in [0.2, 0.25) is 0 Å². The summed E-state index contributed by atoms with van der Waals surface area (Å²) < 4.78 is 0. The van der Waals surface area contributed by atoms with Crippen molar-refractivity contribution < 1.29 is 0 Å². The monoisotopic (exact) mass is 1040 g/mol. The van der Waals surface area contributed by atoms with Gasteiger partial charge in [-0.25, -0.2) is 0 Å². The van der Waals surface area contributed by atoms with Gasteiger partial charge in [0.1, 0.15) is 0 Å². The van der Waals surface area contributed by atoms with E-state index in [0.29, 0.717) is 0 Å². The molecular weight excluding hydrogens is 991 g/mol. The van der Waals surface area contributed by atoms with E-state index in [0.717, 1.165) is 122 Å². The smallest absolute Gasteiger partial charge is 0.0780 e. The van der Waals surface area contributed by atoms with Crippen molar-refractivity contribution in [3.05, 3.63) is 322 Å². The fraction of sp³-hybridized carbons (Fsp3) is 0. The van der Waals surface area contributed by atoms with Gasteiger partial charge in [0.2, 0.25) is 0 Å². The van der Waals surface area contributed by atoms with Crippen molar-refractivity contribution in [3.8, 4) is 134 Å². The molecule has 3 aromatic heterocycles. The van der Waals surface area contributed by atoms with Crippen LogP contribution in [0.3, 0.4) is 0 Å². The first-order chi connectivity index (χ1) is 40.6. The molecule has 3 heteroatoms. The van der Waals surface area contributed by atoms with E-state index in [1.807, 2.05) is 42.9 Å². The molecule has 0 spiro atoms. The van der Waals surface area contributed by atoms with Gasteiger partial charge >= 0.3 is 0 Å². The maximum absolute atomic E-state index is 5.10. The molecule has 0 atom stereocenters. The average molecular weight is 1040 g/mol. The molecule has 0 aliphatic carbocycles. The van der Waals surface area contributed by atoms with E-state index < -0.39 is 0 Å². The molecule has 0 aliphatic rings. The molecule has 14 aromatic rings. The minimum absolute atomic E-state index is 0.950. The van der Waals surface area contributed by atoms with E-state index in [9.17, 15) is 0 Å². The number of hydrogen-bond acceptors (Lipinski definition) is 3. The van der Waals surface area contributed by atoms with Crippen LogP contribution in [0.1, 0.15) is 0 Å². The molecule has 11 aromatic carbocycles. The second-order valence-corrected chi connectivity index (χ2v) is 20.7. The summed E-state index contributed by atoms with van der Waals surface area (Å²) in [5, 5.41) is 2.26. The molecular formula is C79H53N3. The van der Waals surface area contributed by atoms with Crippen LogP contribution in [0.25, 0.3) is 145 Å². The van der Waals surface area contributed by atoms with Gasteiger partial charge in [0.25, 0.3) is 0 Å². The number of fused-ring (bicyclic) bond motifs is 1. The molecule has 384 valence electrons. The summed E-state index contributed by atoms with van der Waals surface area (Å²) in [6.45, 7) is 0. The molecule has 0 unspecified atom stereocenters. The number of nitrogens with zero attached hydrogens (tertiary/aromatic N) is 3. The normalized spacial score (nSPS) is 11.2. The zero-order valence-corrected chi connectivity index (χ0v) is 44.9. The third-order valence-corrected chi connectivity index (χ3v) is 15.7. The highest BCUT2D eigenvalue weighted by molar-refractivity contribution is 6.01. The van der Waals surface area contributed by atoms with E-state index in [2.05, 4.69) is 289 Å². The summed E-state index contributed by atoms with van der Waals surface area (Å²) in [5.74, 6) is 0. The highest BCUT2D eigenvalue weighted by atomic mass is 14.7. The first kappa shape index (κ1) is 49.4. The fourth-order valence-electron chi connectivity index (χ4n) is 11.6. The third-order valence-electron chi connectivity index (χ3n) is 15.7. The Morgan fingerprint density at radius 3 is 1.04 bits per heavy atom. The second-order valence-electron chi connectivity index (χ2n) is 20.7. The van der Waals surface area contributed by atoms with Gasteiger partial charge in [0.05, 0.1) is 17.1 Å². The van der Waals surface area contributed by atoms with Gasteiger partial charge in [-0.1, -0.05) is 243 Å². The molecule has 0 saturated carbocycles. The predicted molar refractivity (Wildman–Crippen MR) is 343 cm³/mol. The molecule has 0 saturated heterocycles. The van der Waals surface area contributed by atoms with Gasteiger partial charge in [-0.3, -0.25) is 15.0 Å². The summed E-state index contributed by atoms with van der Waals surface area (Å²) >= 11 is 0. The standard InChI is InChI=1S/C79H53N3/c1-3-17-54(18-4-1)56-29-31-59(32-30-56)76-53-64(79-73-43-41-62(49-63(73)45-48-82-79)55-19-5-2-6-20-55)42-44-75(76)74-26-12-11-25-72(74)67-51-65(70-23-9-7-21-68(70)57-33-37-60(38-34-57)77-27-13-15-46-80-77)50-66(52-67)71-24-10-8-22-69(71)58-35-39-61(40-36-58)78-28-14-16-47-81-78/h1-53H. The van der Waals surface area contributed by atoms with Crippen molar-refractivity contribution in [2.45, 2.75) is 0 Å². The molecule has 0 radical (unpaired) electrons. The van der Waals surface area contributed by atoms with Gasteiger partial charge in [-0.05, 0) is 166 Å². The lowest BCUT2D eigenvalue weighted by Gasteiger charge is -2.20. The molecule has 14 rings (SSSR count). The van der Waals surface area contributed by atoms with E-state index in [-0.39, 0.29) is 0 Å². The van der Waals surface area contributed by atoms with Crippen LogP contribution in [0.4, 0.5) is 0 Å². The molecule has 0 bridgehead atoms. The van der Waals surface area contributed by atoms with E-state index in [1.165, 1.54) is 22.3 Å². The minimum Gasteiger partial charge on any atom is -0.256 e. The molecule has 3 nitrogen and oxygen atoms in total. The zero-order chi connectivity index (χ0) is 54.6. The van der Waals surface area contributed by atoms with Gasteiger partial charge in [0, 0.05) is 40.7 Å². The van der Waals surface area contributed by atoms with Crippen LogP contribution in [0.5, 0.6) is 0 Å². The largest absolute Gasteiger partial charge is 0.256 e. The quantitative estimate of drug-likeness (QED) is 0.122. The lowest BCUT2D eigenvalue weighted by molar-refractivity contribution is 1.33. The van der Waals surface area contributed by atoms with Crippen molar-refractivity contribution in [1.82, 2.24) is 15.0 Å². The lowest BCUT2D eigenvalue weighted by Crippen LogP contribution is -1.94. The summed E-state index contributed by atoms with van der Waals surface area (Å²) in [6, 6.07) is 109. The number of aromatic nitrogens is 3. The Morgan fingerprint density at radius 2 is 0.537 bits per heavy atom. The summed E-state index contributed by atoms with van der Waals surface area (Å²) in [7, 11) is 0. The van der Waals surface area contributed by atoms with Gasteiger partial charge in [0.15, 0.2) is 0 Å². The Labute approximate surface area is 478 Å².